The van der Waals surface area contributed by atoms with Gasteiger partial charge in [0.2, 0.25) is 0 Å². The number of thiophene rings is 1. The van der Waals surface area contributed by atoms with E-state index >= 15 is 0 Å². The van der Waals surface area contributed by atoms with Crippen molar-refractivity contribution < 1.29 is 8.78 Å². The van der Waals surface area contributed by atoms with Crippen LogP contribution in [0.3, 0.4) is 0 Å². The Morgan fingerprint density at radius 2 is 1.72 bits per heavy atom. The molecule has 29 heavy (non-hydrogen) atoms. The number of nitrogens with zero attached hydrogens (tertiary/aromatic N) is 4. The third-order valence-corrected chi connectivity index (χ3v) is 5.39. The Labute approximate surface area is 168 Å². The summed E-state index contributed by atoms with van der Waals surface area (Å²) in [5.41, 5.74) is 8.31. The largest absolute Gasteiger partial charge is 0.391 e. The maximum atomic E-state index is 13.8. The van der Waals surface area contributed by atoms with E-state index in [-0.39, 0.29) is 5.82 Å². The number of anilines is 1. The lowest BCUT2D eigenvalue weighted by Crippen LogP contribution is -2.00. The van der Waals surface area contributed by atoms with Crippen LogP contribution >= 0.6 is 11.3 Å². The summed E-state index contributed by atoms with van der Waals surface area (Å²) in [5, 5.41) is 5.87. The molecule has 5 rings (SSSR count). The van der Waals surface area contributed by atoms with Gasteiger partial charge in [0.25, 0.3) is 0 Å². The quantitative estimate of drug-likeness (QED) is 0.455. The van der Waals surface area contributed by atoms with Crippen molar-refractivity contribution in [1.29, 1.82) is 0 Å². The first-order valence-corrected chi connectivity index (χ1v) is 9.54. The standard InChI is InChI=1S/C21H13F2N5S/c22-15-7-6-12(10-16(15)23)20-26-19(17-8-9-18(24)29-17)14-11-25-28(21(14)27-20)13-4-2-1-3-5-13/h1-11H,24H2. The van der Waals surface area contributed by atoms with Gasteiger partial charge in [-0.15, -0.1) is 11.3 Å². The second-order valence-corrected chi connectivity index (χ2v) is 7.47. The van der Waals surface area contributed by atoms with Crippen molar-refractivity contribution in [3.05, 3.63) is 78.5 Å². The zero-order chi connectivity index (χ0) is 20.0. The first kappa shape index (κ1) is 17.4. The van der Waals surface area contributed by atoms with Gasteiger partial charge in [-0.1, -0.05) is 18.2 Å². The average molecular weight is 405 g/mol. The number of hydrogen-bond donors (Lipinski definition) is 1. The van der Waals surface area contributed by atoms with Crippen molar-refractivity contribution >= 4 is 27.4 Å². The number of aromatic nitrogens is 4. The Morgan fingerprint density at radius 1 is 0.897 bits per heavy atom. The summed E-state index contributed by atoms with van der Waals surface area (Å²) in [7, 11) is 0. The Kier molecular flexibility index (Phi) is 4.06. The minimum atomic E-state index is -0.954. The molecule has 0 aliphatic heterocycles. The zero-order valence-electron chi connectivity index (χ0n) is 14.9. The molecule has 0 saturated carbocycles. The Morgan fingerprint density at radius 3 is 2.45 bits per heavy atom. The molecule has 2 N–H and O–H groups in total. The highest BCUT2D eigenvalue weighted by Gasteiger charge is 2.18. The van der Waals surface area contributed by atoms with Gasteiger partial charge >= 0.3 is 0 Å². The van der Waals surface area contributed by atoms with Crippen molar-refractivity contribution in [3.63, 3.8) is 0 Å². The van der Waals surface area contributed by atoms with Gasteiger partial charge in [0.15, 0.2) is 23.1 Å². The lowest BCUT2D eigenvalue weighted by atomic mass is 10.1. The SMILES string of the molecule is Nc1ccc(-c2nc(-c3ccc(F)c(F)c3)nc3c2cnn3-c2ccccc2)s1. The lowest BCUT2D eigenvalue weighted by molar-refractivity contribution is 0.509. The molecule has 0 amide bonds. The molecule has 0 saturated heterocycles. The van der Waals surface area contributed by atoms with Crippen LogP contribution in [0.1, 0.15) is 0 Å². The number of nitrogen functional groups attached to an aromatic ring is 1. The molecule has 3 aromatic heterocycles. The third-order valence-electron chi connectivity index (χ3n) is 4.47. The van der Waals surface area contributed by atoms with Gasteiger partial charge in [-0.25, -0.2) is 23.4 Å². The van der Waals surface area contributed by atoms with Crippen LogP contribution in [-0.2, 0) is 0 Å². The molecule has 8 heteroatoms. The topological polar surface area (TPSA) is 69.6 Å². The van der Waals surface area contributed by atoms with Crippen molar-refractivity contribution in [2.75, 3.05) is 5.73 Å². The van der Waals surface area contributed by atoms with Crippen LogP contribution in [0.15, 0.2) is 66.9 Å². The van der Waals surface area contributed by atoms with E-state index in [4.69, 9.17) is 5.73 Å². The number of halogens is 2. The smallest absolute Gasteiger partial charge is 0.167 e. The van der Waals surface area contributed by atoms with Crippen LogP contribution in [0.2, 0.25) is 0 Å². The Bertz CT molecular complexity index is 1340. The summed E-state index contributed by atoms with van der Waals surface area (Å²) < 4.78 is 28.9. The zero-order valence-corrected chi connectivity index (χ0v) is 15.7. The Balaban J connectivity index is 1.80. The van der Waals surface area contributed by atoms with Gasteiger partial charge in [0.1, 0.15) is 0 Å². The molecule has 5 nitrogen and oxygen atoms in total. The highest BCUT2D eigenvalue weighted by atomic mass is 32.1. The predicted molar refractivity (Wildman–Crippen MR) is 110 cm³/mol. The fourth-order valence-electron chi connectivity index (χ4n) is 3.10. The molecule has 0 aliphatic carbocycles. The summed E-state index contributed by atoms with van der Waals surface area (Å²) in [6, 6.07) is 16.8. The van der Waals surface area contributed by atoms with Gasteiger partial charge in [-0.3, -0.25) is 0 Å². The molecule has 0 atom stereocenters. The van der Waals surface area contributed by atoms with Gasteiger partial charge < -0.3 is 5.73 Å². The fourth-order valence-corrected chi connectivity index (χ4v) is 3.88. The van der Waals surface area contributed by atoms with Crippen molar-refractivity contribution in [2.45, 2.75) is 0 Å². The van der Waals surface area contributed by atoms with E-state index in [9.17, 15) is 8.78 Å². The molecule has 0 fully saturated rings. The molecule has 3 heterocycles. The summed E-state index contributed by atoms with van der Waals surface area (Å²) >= 11 is 1.39. The maximum absolute atomic E-state index is 13.8. The molecular formula is C21H13F2N5S. The van der Waals surface area contributed by atoms with Gasteiger partial charge in [-0.2, -0.15) is 5.10 Å². The normalized spacial score (nSPS) is 11.2. The molecule has 0 unspecified atom stereocenters. The van der Waals surface area contributed by atoms with E-state index < -0.39 is 11.6 Å². The van der Waals surface area contributed by atoms with Crippen LogP contribution < -0.4 is 5.73 Å². The first-order valence-electron chi connectivity index (χ1n) is 8.72. The summed E-state index contributed by atoms with van der Waals surface area (Å²) in [6.45, 7) is 0. The van der Waals surface area contributed by atoms with Crippen LogP contribution in [0.4, 0.5) is 13.8 Å². The van der Waals surface area contributed by atoms with Gasteiger partial charge in [-0.05, 0) is 42.5 Å². The minimum Gasteiger partial charge on any atom is -0.391 e. The summed E-state index contributed by atoms with van der Waals surface area (Å²) in [5.74, 6) is -1.60. The van der Waals surface area contributed by atoms with E-state index in [0.717, 1.165) is 28.1 Å². The predicted octanol–water partition coefficient (Wildman–Crippen LogP) is 5.07. The van der Waals surface area contributed by atoms with E-state index in [2.05, 4.69) is 15.1 Å². The lowest BCUT2D eigenvalue weighted by Gasteiger charge is -2.08. The number of nitrogens with two attached hydrogens (primary N) is 1. The second kappa shape index (κ2) is 6.75. The number of hydrogen-bond acceptors (Lipinski definition) is 5. The summed E-state index contributed by atoms with van der Waals surface area (Å²) in [6.07, 6.45) is 1.70. The number of para-hydroxylation sites is 1. The average Bonchev–Trinajstić information content (AvgIpc) is 3.36. The Hall–Kier alpha value is -3.65. The monoisotopic (exact) mass is 405 g/mol. The second-order valence-electron chi connectivity index (χ2n) is 6.36. The van der Waals surface area contributed by atoms with Gasteiger partial charge in [0, 0.05) is 5.56 Å². The van der Waals surface area contributed by atoms with Crippen molar-refractivity contribution in [2.24, 2.45) is 0 Å². The molecule has 0 bridgehead atoms. The molecule has 5 aromatic rings. The first-order chi connectivity index (χ1) is 14.1. The number of rotatable bonds is 3. The van der Waals surface area contributed by atoms with Crippen LogP contribution in [0, 0.1) is 11.6 Å². The molecule has 0 radical (unpaired) electrons. The summed E-state index contributed by atoms with van der Waals surface area (Å²) in [4.78, 5) is 10.1. The van der Waals surface area contributed by atoms with Gasteiger partial charge in [0.05, 0.1) is 32.8 Å². The highest BCUT2D eigenvalue weighted by molar-refractivity contribution is 7.19. The highest BCUT2D eigenvalue weighted by Crippen LogP contribution is 2.35. The molecule has 2 aromatic carbocycles. The molecule has 0 aliphatic rings. The van der Waals surface area contributed by atoms with E-state index in [1.165, 1.54) is 17.4 Å². The third kappa shape index (κ3) is 3.03. The van der Waals surface area contributed by atoms with E-state index in [0.29, 0.717) is 21.9 Å². The number of benzene rings is 2. The van der Waals surface area contributed by atoms with Crippen LogP contribution in [0.25, 0.3) is 38.7 Å². The minimum absolute atomic E-state index is 0.274. The maximum Gasteiger partial charge on any atom is 0.167 e. The van der Waals surface area contributed by atoms with Crippen LogP contribution in [0.5, 0.6) is 0 Å². The fraction of sp³-hybridized carbons (Fsp3) is 0. The van der Waals surface area contributed by atoms with E-state index in [1.807, 2.05) is 36.4 Å². The van der Waals surface area contributed by atoms with Crippen molar-refractivity contribution in [3.8, 4) is 27.6 Å². The van der Waals surface area contributed by atoms with E-state index in [1.54, 1.807) is 16.9 Å². The van der Waals surface area contributed by atoms with Crippen molar-refractivity contribution in [1.82, 2.24) is 19.7 Å². The molecule has 0 spiro atoms. The molecule has 142 valence electrons. The number of fused-ring (bicyclic) bond motifs is 1. The molecular weight excluding hydrogens is 392 g/mol. The van der Waals surface area contributed by atoms with Crippen LogP contribution in [-0.4, -0.2) is 19.7 Å².